The number of carbonyl (C=O) groups excluding carboxylic acids is 1. The number of ether oxygens (including phenoxy) is 1. The zero-order valence-electron chi connectivity index (χ0n) is 12.8. The van der Waals surface area contributed by atoms with Gasteiger partial charge in [0.25, 0.3) is 0 Å². The van der Waals surface area contributed by atoms with Crippen molar-refractivity contribution in [1.29, 1.82) is 0 Å². The van der Waals surface area contributed by atoms with E-state index in [4.69, 9.17) is 9.15 Å². The van der Waals surface area contributed by atoms with Gasteiger partial charge in [0.2, 0.25) is 5.91 Å². The molecule has 0 saturated carbocycles. The fourth-order valence-electron chi connectivity index (χ4n) is 2.02. The third-order valence-corrected chi connectivity index (χ3v) is 3.15. The summed E-state index contributed by atoms with van der Waals surface area (Å²) in [5.41, 5.74) is 0. The maximum atomic E-state index is 11.8. The Morgan fingerprint density at radius 1 is 1.23 bits per heavy atom. The summed E-state index contributed by atoms with van der Waals surface area (Å²) in [5, 5.41) is 2.83. The van der Waals surface area contributed by atoms with Gasteiger partial charge in [-0.15, -0.1) is 0 Å². The number of carbonyl (C=O) groups is 1. The van der Waals surface area contributed by atoms with Crippen LogP contribution in [-0.2, 0) is 11.3 Å². The van der Waals surface area contributed by atoms with Gasteiger partial charge < -0.3 is 14.5 Å². The molecule has 5 heteroatoms. The van der Waals surface area contributed by atoms with Crippen LogP contribution in [0.3, 0.4) is 0 Å². The van der Waals surface area contributed by atoms with Gasteiger partial charge in [-0.2, -0.15) is 0 Å². The van der Waals surface area contributed by atoms with E-state index in [0.717, 1.165) is 24.5 Å². The van der Waals surface area contributed by atoms with Gasteiger partial charge in [0.1, 0.15) is 11.5 Å². The summed E-state index contributed by atoms with van der Waals surface area (Å²) in [6, 6.07) is 13.4. The fourth-order valence-corrected chi connectivity index (χ4v) is 2.02. The molecule has 1 heterocycles. The molecular formula is C17H22N2O3. The summed E-state index contributed by atoms with van der Waals surface area (Å²) in [7, 11) is 1.93. The van der Waals surface area contributed by atoms with Crippen LogP contribution in [0.1, 0.15) is 12.2 Å². The molecule has 5 nitrogen and oxygen atoms in total. The van der Waals surface area contributed by atoms with Crippen LogP contribution in [-0.4, -0.2) is 37.6 Å². The van der Waals surface area contributed by atoms with Gasteiger partial charge in [0.15, 0.2) is 0 Å². The fraction of sp³-hybridized carbons (Fsp3) is 0.353. The van der Waals surface area contributed by atoms with E-state index in [-0.39, 0.29) is 5.91 Å². The van der Waals surface area contributed by atoms with Crippen molar-refractivity contribution in [3.05, 3.63) is 54.5 Å². The molecular weight excluding hydrogens is 280 g/mol. The largest absolute Gasteiger partial charge is 0.494 e. The van der Waals surface area contributed by atoms with Gasteiger partial charge in [-0.05, 0) is 37.7 Å². The Morgan fingerprint density at radius 3 is 2.77 bits per heavy atom. The summed E-state index contributed by atoms with van der Waals surface area (Å²) in [6.07, 6.45) is 2.47. The molecule has 0 fully saturated rings. The zero-order valence-corrected chi connectivity index (χ0v) is 12.8. The molecule has 0 aliphatic heterocycles. The van der Waals surface area contributed by atoms with E-state index in [0.29, 0.717) is 19.7 Å². The summed E-state index contributed by atoms with van der Waals surface area (Å²) in [4.78, 5) is 13.8. The van der Waals surface area contributed by atoms with Gasteiger partial charge in [0, 0.05) is 6.54 Å². The van der Waals surface area contributed by atoms with Crippen LogP contribution in [0.15, 0.2) is 53.1 Å². The molecule has 0 aliphatic rings. The molecule has 0 bridgehead atoms. The molecule has 0 unspecified atom stereocenters. The van der Waals surface area contributed by atoms with Crippen molar-refractivity contribution in [2.45, 2.75) is 13.0 Å². The molecule has 0 saturated heterocycles. The molecule has 0 spiro atoms. The Hall–Kier alpha value is -2.27. The lowest BCUT2D eigenvalue weighted by Crippen LogP contribution is -2.35. The van der Waals surface area contributed by atoms with E-state index in [1.54, 1.807) is 12.3 Å². The molecule has 2 aromatic rings. The number of rotatable bonds is 9. The van der Waals surface area contributed by atoms with Crippen molar-refractivity contribution in [2.24, 2.45) is 0 Å². The number of nitrogens with one attached hydrogen (secondary N) is 1. The molecule has 1 N–H and O–H groups in total. The molecule has 1 aromatic carbocycles. The van der Waals surface area contributed by atoms with E-state index >= 15 is 0 Å². The van der Waals surface area contributed by atoms with Crippen LogP contribution in [0.4, 0.5) is 0 Å². The van der Waals surface area contributed by atoms with Crippen molar-refractivity contribution < 1.29 is 13.9 Å². The maximum Gasteiger partial charge on any atom is 0.234 e. The highest BCUT2D eigenvalue weighted by atomic mass is 16.5. The van der Waals surface area contributed by atoms with Crippen LogP contribution in [0, 0.1) is 0 Å². The van der Waals surface area contributed by atoms with Crippen molar-refractivity contribution in [2.75, 3.05) is 26.7 Å². The van der Waals surface area contributed by atoms with E-state index < -0.39 is 0 Å². The molecule has 22 heavy (non-hydrogen) atoms. The average molecular weight is 302 g/mol. The highest BCUT2D eigenvalue weighted by Crippen LogP contribution is 2.08. The Labute approximate surface area is 130 Å². The number of furan rings is 1. The number of amides is 1. The third-order valence-electron chi connectivity index (χ3n) is 3.15. The highest BCUT2D eigenvalue weighted by Gasteiger charge is 2.07. The van der Waals surface area contributed by atoms with Crippen molar-refractivity contribution in [3.8, 4) is 5.75 Å². The van der Waals surface area contributed by atoms with Crippen molar-refractivity contribution in [3.63, 3.8) is 0 Å². The smallest absolute Gasteiger partial charge is 0.234 e. The Morgan fingerprint density at radius 2 is 2.05 bits per heavy atom. The van der Waals surface area contributed by atoms with Crippen LogP contribution in [0.2, 0.25) is 0 Å². The van der Waals surface area contributed by atoms with Gasteiger partial charge in [-0.25, -0.2) is 0 Å². The second-order valence-corrected chi connectivity index (χ2v) is 5.11. The predicted molar refractivity (Wildman–Crippen MR) is 84.6 cm³/mol. The number of benzene rings is 1. The molecule has 0 aliphatic carbocycles. The molecule has 2 rings (SSSR count). The minimum absolute atomic E-state index is 0.0112. The lowest BCUT2D eigenvalue weighted by molar-refractivity contribution is -0.122. The van der Waals surface area contributed by atoms with E-state index in [1.165, 1.54) is 0 Å². The highest BCUT2D eigenvalue weighted by molar-refractivity contribution is 5.77. The minimum atomic E-state index is -0.0112. The maximum absolute atomic E-state index is 11.8. The van der Waals surface area contributed by atoms with Crippen LogP contribution in [0.5, 0.6) is 5.75 Å². The van der Waals surface area contributed by atoms with E-state index in [9.17, 15) is 4.79 Å². The molecule has 118 valence electrons. The molecule has 0 radical (unpaired) electrons. The second-order valence-electron chi connectivity index (χ2n) is 5.11. The first-order valence-electron chi connectivity index (χ1n) is 7.39. The Balaban J connectivity index is 1.55. The second kappa shape index (κ2) is 8.89. The van der Waals surface area contributed by atoms with Crippen LogP contribution in [0.25, 0.3) is 0 Å². The quantitative estimate of drug-likeness (QED) is 0.722. The Bertz CT molecular complexity index is 540. The molecule has 1 amide bonds. The number of hydrogen-bond donors (Lipinski definition) is 1. The van der Waals surface area contributed by atoms with Gasteiger partial charge in [-0.3, -0.25) is 9.69 Å². The monoisotopic (exact) mass is 302 g/mol. The minimum Gasteiger partial charge on any atom is -0.494 e. The summed E-state index contributed by atoms with van der Waals surface area (Å²) < 4.78 is 10.8. The van der Waals surface area contributed by atoms with Crippen LogP contribution >= 0.6 is 0 Å². The Kier molecular flexibility index (Phi) is 6.51. The molecule has 1 aromatic heterocycles. The third kappa shape index (κ3) is 6.01. The standard InChI is InChI=1S/C17H22N2O3/c1-19(10-6-12-21-15-7-3-2-4-8-15)14-17(20)18-13-16-9-5-11-22-16/h2-5,7-9,11H,6,10,12-14H2,1H3,(H,18,20). The van der Waals surface area contributed by atoms with E-state index in [1.807, 2.05) is 48.3 Å². The zero-order chi connectivity index (χ0) is 15.6. The van der Waals surface area contributed by atoms with Gasteiger partial charge in [-0.1, -0.05) is 18.2 Å². The van der Waals surface area contributed by atoms with E-state index in [2.05, 4.69) is 5.32 Å². The predicted octanol–water partition coefficient (Wildman–Crippen LogP) is 2.30. The number of nitrogens with zero attached hydrogens (tertiary/aromatic N) is 1. The van der Waals surface area contributed by atoms with Gasteiger partial charge in [0.05, 0.1) is 26.0 Å². The average Bonchev–Trinajstić information content (AvgIpc) is 3.04. The lowest BCUT2D eigenvalue weighted by Gasteiger charge is -2.16. The first kappa shape index (κ1) is 16.1. The van der Waals surface area contributed by atoms with Crippen molar-refractivity contribution >= 4 is 5.91 Å². The van der Waals surface area contributed by atoms with Crippen molar-refractivity contribution in [1.82, 2.24) is 10.2 Å². The van der Waals surface area contributed by atoms with Gasteiger partial charge >= 0.3 is 0 Å². The lowest BCUT2D eigenvalue weighted by atomic mass is 10.3. The molecule has 0 atom stereocenters. The first-order valence-corrected chi connectivity index (χ1v) is 7.39. The number of para-hydroxylation sites is 1. The topological polar surface area (TPSA) is 54.7 Å². The van der Waals surface area contributed by atoms with Crippen LogP contribution < -0.4 is 10.1 Å². The number of likely N-dealkylation sites (N-methyl/N-ethyl adjacent to an activating group) is 1. The first-order chi connectivity index (χ1) is 10.7. The summed E-state index contributed by atoms with van der Waals surface area (Å²) in [5.74, 6) is 1.62. The summed E-state index contributed by atoms with van der Waals surface area (Å²) in [6.45, 7) is 2.24. The summed E-state index contributed by atoms with van der Waals surface area (Å²) >= 11 is 0. The SMILES string of the molecule is CN(CCCOc1ccccc1)CC(=O)NCc1ccco1. The normalized spacial score (nSPS) is 10.6. The number of hydrogen-bond acceptors (Lipinski definition) is 4.